The van der Waals surface area contributed by atoms with Crippen LogP contribution in [-0.4, -0.2) is 50.4 Å². The Morgan fingerprint density at radius 2 is 1.86 bits per heavy atom. The lowest BCUT2D eigenvalue weighted by Gasteiger charge is -2.05. The second kappa shape index (κ2) is 9.54. The van der Waals surface area contributed by atoms with Gasteiger partial charge in [0.05, 0.1) is 24.1 Å². The fraction of sp³-hybridized carbons (Fsp3) is 0.188. The van der Waals surface area contributed by atoms with Crippen LogP contribution in [-0.2, 0) is 9.53 Å². The first kappa shape index (κ1) is 20.8. The number of rotatable bonds is 7. The van der Waals surface area contributed by atoms with Crippen molar-refractivity contribution in [1.29, 1.82) is 0 Å². The number of aromatic nitrogens is 4. The van der Waals surface area contributed by atoms with E-state index in [0.717, 1.165) is 22.9 Å². The van der Waals surface area contributed by atoms with Crippen molar-refractivity contribution in [2.45, 2.75) is 11.3 Å². The maximum atomic E-state index is 12.1. The molecule has 2 heterocycles. The lowest BCUT2D eigenvalue weighted by Crippen LogP contribution is -2.14. The summed E-state index contributed by atoms with van der Waals surface area (Å²) in [6.45, 7) is 1.70. The molecule has 13 heteroatoms. The third kappa shape index (κ3) is 5.56. The van der Waals surface area contributed by atoms with Crippen LogP contribution >= 0.6 is 34.6 Å². The number of carbonyl (C=O) groups is 3. The van der Waals surface area contributed by atoms with E-state index in [1.54, 1.807) is 31.2 Å². The summed E-state index contributed by atoms with van der Waals surface area (Å²) >= 11 is 3.36. The van der Waals surface area contributed by atoms with E-state index >= 15 is 0 Å². The number of thioether (sulfide) groups is 1. The predicted molar refractivity (Wildman–Crippen MR) is 110 cm³/mol. The number of nitrogens with one attached hydrogen (secondary N) is 2. The van der Waals surface area contributed by atoms with Crippen LogP contribution in [0.25, 0.3) is 0 Å². The van der Waals surface area contributed by atoms with E-state index in [1.165, 1.54) is 18.9 Å². The van der Waals surface area contributed by atoms with Crippen molar-refractivity contribution < 1.29 is 19.1 Å². The molecule has 0 aliphatic heterocycles. The standard InChI is InChI=1S/C16H14N6O4S3/c1-8-12(29-22-19-8)13(24)18-15-20-21-16(28-15)27-7-11(23)17-10-5-3-9(4-6-10)14(25)26-2/h3-6H,7H2,1-2H3,(H,17,23)(H,18,20,24). The molecule has 0 saturated carbocycles. The molecule has 2 amide bonds. The molecule has 0 radical (unpaired) electrons. The van der Waals surface area contributed by atoms with Crippen LogP contribution in [0.15, 0.2) is 28.6 Å². The van der Waals surface area contributed by atoms with Gasteiger partial charge in [0.15, 0.2) is 4.34 Å². The molecule has 0 unspecified atom stereocenters. The molecule has 2 aromatic heterocycles. The normalized spacial score (nSPS) is 10.4. The molecular weight excluding hydrogens is 436 g/mol. The summed E-state index contributed by atoms with van der Waals surface area (Å²) in [5.41, 5.74) is 1.50. The zero-order valence-corrected chi connectivity index (χ0v) is 17.6. The number of ether oxygens (including phenoxy) is 1. The molecule has 2 N–H and O–H groups in total. The average molecular weight is 451 g/mol. The summed E-state index contributed by atoms with van der Waals surface area (Å²) in [7, 11) is 1.30. The molecule has 0 saturated heterocycles. The first-order valence-electron chi connectivity index (χ1n) is 8.01. The fourth-order valence-electron chi connectivity index (χ4n) is 2.04. The van der Waals surface area contributed by atoms with Crippen molar-refractivity contribution in [3.05, 3.63) is 40.4 Å². The SMILES string of the molecule is COC(=O)c1ccc(NC(=O)CSc2nnc(NC(=O)c3snnc3C)s2)cc1. The van der Waals surface area contributed by atoms with Crippen LogP contribution < -0.4 is 10.6 Å². The molecule has 0 spiro atoms. The number of carbonyl (C=O) groups excluding carboxylic acids is 3. The minimum atomic E-state index is -0.445. The van der Waals surface area contributed by atoms with Crippen LogP contribution in [0.5, 0.6) is 0 Å². The van der Waals surface area contributed by atoms with Gasteiger partial charge in [-0.15, -0.1) is 15.3 Å². The van der Waals surface area contributed by atoms with Crippen LogP contribution in [0.3, 0.4) is 0 Å². The van der Waals surface area contributed by atoms with Crippen molar-refractivity contribution in [2.75, 3.05) is 23.5 Å². The molecule has 10 nitrogen and oxygen atoms in total. The number of methoxy groups -OCH3 is 1. The van der Waals surface area contributed by atoms with Crippen LogP contribution in [0.1, 0.15) is 25.7 Å². The molecule has 150 valence electrons. The van der Waals surface area contributed by atoms with Gasteiger partial charge in [-0.05, 0) is 42.7 Å². The van der Waals surface area contributed by atoms with E-state index in [4.69, 9.17) is 0 Å². The highest BCUT2D eigenvalue weighted by Gasteiger charge is 2.16. The first-order valence-corrected chi connectivity index (χ1v) is 10.6. The van der Waals surface area contributed by atoms with Crippen LogP contribution in [0.4, 0.5) is 10.8 Å². The minimum absolute atomic E-state index is 0.110. The predicted octanol–water partition coefficient (Wildman–Crippen LogP) is 2.47. The van der Waals surface area contributed by atoms with Crippen molar-refractivity contribution >= 4 is 63.2 Å². The molecule has 0 bridgehead atoms. The Hall–Kier alpha value is -2.90. The molecule has 0 fully saturated rings. The van der Waals surface area contributed by atoms with Gasteiger partial charge in [-0.3, -0.25) is 14.9 Å². The summed E-state index contributed by atoms with van der Waals surface area (Å²) in [6.07, 6.45) is 0. The number of nitrogens with zero attached hydrogens (tertiary/aromatic N) is 4. The fourth-order valence-corrected chi connectivity index (χ4v) is 4.14. The number of hydrogen-bond donors (Lipinski definition) is 2. The van der Waals surface area contributed by atoms with Gasteiger partial charge in [0.1, 0.15) is 4.88 Å². The third-order valence-corrected chi connectivity index (χ3v) is 6.20. The summed E-state index contributed by atoms with van der Waals surface area (Å²) in [4.78, 5) is 36.0. The highest BCUT2D eigenvalue weighted by molar-refractivity contribution is 8.01. The smallest absolute Gasteiger partial charge is 0.337 e. The van der Waals surface area contributed by atoms with E-state index in [2.05, 4.69) is 35.2 Å². The molecule has 0 aliphatic carbocycles. The van der Waals surface area contributed by atoms with Crippen molar-refractivity contribution in [1.82, 2.24) is 19.8 Å². The molecule has 3 rings (SSSR count). The van der Waals surface area contributed by atoms with Crippen molar-refractivity contribution in [3.63, 3.8) is 0 Å². The molecule has 3 aromatic rings. The van der Waals surface area contributed by atoms with Gasteiger partial charge < -0.3 is 10.1 Å². The van der Waals surface area contributed by atoms with Gasteiger partial charge in [0.25, 0.3) is 5.91 Å². The van der Waals surface area contributed by atoms with Gasteiger partial charge in [0.2, 0.25) is 11.0 Å². The zero-order valence-electron chi connectivity index (χ0n) is 15.2. The third-order valence-electron chi connectivity index (χ3n) is 3.40. The van der Waals surface area contributed by atoms with E-state index < -0.39 is 5.97 Å². The summed E-state index contributed by atoms with van der Waals surface area (Å²) in [5.74, 6) is -0.926. The van der Waals surface area contributed by atoms with E-state index in [1.807, 2.05) is 0 Å². The Labute approximate surface area is 177 Å². The van der Waals surface area contributed by atoms with Crippen LogP contribution in [0.2, 0.25) is 0 Å². The van der Waals surface area contributed by atoms with E-state index in [-0.39, 0.29) is 17.6 Å². The Morgan fingerprint density at radius 1 is 1.10 bits per heavy atom. The monoisotopic (exact) mass is 450 g/mol. The number of anilines is 2. The maximum absolute atomic E-state index is 12.1. The van der Waals surface area contributed by atoms with E-state index in [0.29, 0.717) is 31.3 Å². The second-order valence-corrected chi connectivity index (χ2v) is 8.37. The van der Waals surface area contributed by atoms with Gasteiger partial charge in [-0.25, -0.2) is 4.79 Å². The number of hydrogen-bond acceptors (Lipinski definition) is 11. The number of benzene rings is 1. The summed E-state index contributed by atoms with van der Waals surface area (Å²) < 4.78 is 8.88. The summed E-state index contributed by atoms with van der Waals surface area (Å²) in [6, 6.07) is 6.36. The van der Waals surface area contributed by atoms with Gasteiger partial charge in [-0.1, -0.05) is 27.6 Å². The van der Waals surface area contributed by atoms with Crippen molar-refractivity contribution in [3.8, 4) is 0 Å². The lowest BCUT2D eigenvalue weighted by atomic mass is 10.2. The quantitative estimate of drug-likeness (QED) is 0.316. The molecule has 0 aliphatic rings. The number of esters is 1. The first-order chi connectivity index (χ1) is 14.0. The molecular formula is C16H14N6O4S3. The number of aryl methyl sites for hydroxylation is 1. The largest absolute Gasteiger partial charge is 0.465 e. The molecule has 0 atom stereocenters. The highest BCUT2D eigenvalue weighted by atomic mass is 32.2. The Morgan fingerprint density at radius 3 is 2.52 bits per heavy atom. The Bertz CT molecular complexity index is 1030. The molecule has 1 aromatic carbocycles. The zero-order chi connectivity index (χ0) is 20.8. The minimum Gasteiger partial charge on any atom is -0.465 e. The Balaban J connectivity index is 1.49. The summed E-state index contributed by atoms with van der Waals surface area (Å²) in [5, 5.41) is 17.3. The van der Waals surface area contributed by atoms with Gasteiger partial charge in [-0.2, -0.15) is 0 Å². The van der Waals surface area contributed by atoms with Crippen molar-refractivity contribution in [2.24, 2.45) is 0 Å². The van der Waals surface area contributed by atoms with Crippen LogP contribution in [0, 0.1) is 6.92 Å². The van der Waals surface area contributed by atoms with Gasteiger partial charge in [0, 0.05) is 5.69 Å². The Kier molecular flexibility index (Phi) is 6.85. The lowest BCUT2D eigenvalue weighted by molar-refractivity contribution is -0.113. The van der Waals surface area contributed by atoms with Gasteiger partial charge >= 0.3 is 5.97 Å². The van der Waals surface area contributed by atoms with E-state index in [9.17, 15) is 14.4 Å². The topological polar surface area (TPSA) is 136 Å². The number of amides is 2. The highest BCUT2D eigenvalue weighted by Crippen LogP contribution is 2.26. The second-order valence-electron chi connectivity index (χ2n) is 5.42. The molecule has 29 heavy (non-hydrogen) atoms. The maximum Gasteiger partial charge on any atom is 0.337 e. The average Bonchev–Trinajstić information content (AvgIpc) is 3.35.